The lowest BCUT2D eigenvalue weighted by molar-refractivity contribution is -0.385. The second-order valence-electron chi connectivity index (χ2n) is 3.75. The van der Waals surface area contributed by atoms with Crippen molar-refractivity contribution in [2.45, 2.75) is 25.8 Å². The van der Waals surface area contributed by atoms with Crippen LogP contribution in [-0.2, 0) is 0 Å². The van der Waals surface area contributed by atoms with Crippen LogP contribution < -0.4 is 5.32 Å². The molecule has 1 unspecified atom stereocenters. The van der Waals surface area contributed by atoms with E-state index in [-0.39, 0.29) is 17.3 Å². The second kappa shape index (κ2) is 6.27. The van der Waals surface area contributed by atoms with Crippen LogP contribution in [0.4, 0.5) is 11.4 Å². The van der Waals surface area contributed by atoms with Crippen molar-refractivity contribution in [3.8, 4) is 18.4 Å². The smallest absolute Gasteiger partial charge is 0.289 e. The lowest BCUT2D eigenvalue weighted by Crippen LogP contribution is -2.16. The number of terminal acetylenes is 1. The Morgan fingerprint density at radius 1 is 1.61 bits per heavy atom. The first-order chi connectivity index (χ1) is 8.62. The maximum absolute atomic E-state index is 10.8. The lowest BCUT2D eigenvalue weighted by Gasteiger charge is -2.13. The highest BCUT2D eigenvalue weighted by Gasteiger charge is 2.15. The van der Waals surface area contributed by atoms with Crippen molar-refractivity contribution < 1.29 is 4.92 Å². The Hall–Kier alpha value is -2.53. The molecule has 0 bridgehead atoms. The summed E-state index contributed by atoms with van der Waals surface area (Å²) in [5, 5.41) is 22.6. The van der Waals surface area contributed by atoms with E-state index in [2.05, 4.69) is 11.2 Å². The number of nitrogens with one attached hydrogen (secondary N) is 1. The molecule has 0 spiro atoms. The fourth-order valence-corrected chi connectivity index (χ4v) is 1.55. The molecule has 0 aliphatic heterocycles. The summed E-state index contributed by atoms with van der Waals surface area (Å²) in [5.74, 6) is 2.58. The Morgan fingerprint density at radius 3 is 2.83 bits per heavy atom. The van der Waals surface area contributed by atoms with Gasteiger partial charge in [-0.3, -0.25) is 10.1 Å². The molecule has 18 heavy (non-hydrogen) atoms. The van der Waals surface area contributed by atoms with Crippen LogP contribution in [0, 0.1) is 33.8 Å². The van der Waals surface area contributed by atoms with Gasteiger partial charge in [0.05, 0.1) is 11.0 Å². The molecule has 0 aliphatic carbocycles. The molecule has 5 nitrogen and oxygen atoms in total. The van der Waals surface area contributed by atoms with Crippen LogP contribution >= 0.6 is 0 Å². The number of hydrogen-bond donors (Lipinski definition) is 1. The van der Waals surface area contributed by atoms with E-state index in [0.29, 0.717) is 5.69 Å². The van der Waals surface area contributed by atoms with Gasteiger partial charge in [0.15, 0.2) is 0 Å². The fourth-order valence-electron chi connectivity index (χ4n) is 1.55. The van der Waals surface area contributed by atoms with Crippen LogP contribution in [0.15, 0.2) is 18.2 Å². The van der Waals surface area contributed by atoms with E-state index in [0.717, 1.165) is 12.8 Å². The number of benzene rings is 1. The number of anilines is 1. The minimum absolute atomic E-state index is 0.0401. The van der Waals surface area contributed by atoms with Gasteiger partial charge in [-0.1, -0.05) is 19.3 Å². The number of nitrogens with zero attached hydrogens (tertiary/aromatic N) is 2. The van der Waals surface area contributed by atoms with Crippen molar-refractivity contribution in [2.75, 3.05) is 5.32 Å². The Labute approximate surface area is 106 Å². The van der Waals surface area contributed by atoms with Gasteiger partial charge in [-0.2, -0.15) is 5.26 Å². The first kappa shape index (κ1) is 13.5. The molecule has 0 fully saturated rings. The Bertz CT molecular complexity index is 526. The van der Waals surface area contributed by atoms with E-state index in [1.165, 1.54) is 12.1 Å². The number of nitriles is 1. The number of nitro groups is 1. The predicted octanol–water partition coefficient (Wildman–Crippen LogP) is 2.68. The van der Waals surface area contributed by atoms with Gasteiger partial charge >= 0.3 is 0 Å². The zero-order valence-electron chi connectivity index (χ0n) is 10.0. The Balaban J connectivity index is 2.99. The molecule has 5 heteroatoms. The van der Waals surface area contributed by atoms with Crippen molar-refractivity contribution in [3.63, 3.8) is 0 Å². The molecular formula is C13H13N3O2. The van der Waals surface area contributed by atoms with Gasteiger partial charge in [-0.05, 0) is 18.6 Å². The van der Waals surface area contributed by atoms with E-state index in [1.807, 2.05) is 6.92 Å². The van der Waals surface area contributed by atoms with E-state index >= 15 is 0 Å². The summed E-state index contributed by atoms with van der Waals surface area (Å²) >= 11 is 0. The molecule has 0 radical (unpaired) electrons. The number of hydrogen-bond acceptors (Lipinski definition) is 4. The zero-order chi connectivity index (χ0) is 13.5. The van der Waals surface area contributed by atoms with Crippen molar-refractivity contribution >= 4 is 11.4 Å². The summed E-state index contributed by atoms with van der Waals surface area (Å²) in [4.78, 5) is 10.2. The van der Waals surface area contributed by atoms with E-state index in [9.17, 15) is 10.1 Å². The molecule has 0 saturated carbocycles. The summed E-state index contributed by atoms with van der Waals surface area (Å²) in [5.41, 5.74) is 0.380. The largest absolute Gasteiger partial charge is 0.371 e. The van der Waals surface area contributed by atoms with Crippen molar-refractivity contribution in [3.05, 3.63) is 33.9 Å². The van der Waals surface area contributed by atoms with Gasteiger partial charge in [0.25, 0.3) is 5.69 Å². The molecule has 1 N–H and O–H groups in total. The third-order valence-corrected chi connectivity index (χ3v) is 2.43. The Kier molecular flexibility index (Phi) is 4.71. The standard InChI is InChI=1S/C13H13N3O2/c1-3-5-11(4-2)15-12-7-6-10(9-14)13(8-12)16(17)18/h2,6-8,11,15H,3,5H2,1H3. The molecule has 0 aliphatic rings. The van der Waals surface area contributed by atoms with Gasteiger partial charge in [-0.25, -0.2) is 0 Å². The highest BCUT2D eigenvalue weighted by molar-refractivity contribution is 5.59. The highest BCUT2D eigenvalue weighted by Crippen LogP contribution is 2.23. The maximum atomic E-state index is 10.8. The van der Waals surface area contributed by atoms with Gasteiger partial charge < -0.3 is 5.32 Å². The summed E-state index contributed by atoms with van der Waals surface area (Å²) in [7, 11) is 0. The quantitative estimate of drug-likeness (QED) is 0.490. The molecule has 1 rings (SSSR count). The molecule has 0 amide bonds. The van der Waals surface area contributed by atoms with Crippen molar-refractivity contribution in [1.82, 2.24) is 0 Å². The molecular weight excluding hydrogens is 230 g/mol. The van der Waals surface area contributed by atoms with Gasteiger partial charge in [0, 0.05) is 11.8 Å². The van der Waals surface area contributed by atoms with Crippen LogP contribution in [-0.4, -0.2) is 11.0 Å². The average molecular weight is 243 g/mol. The second-order valence-corrected chi connectivity index (χ2v) is 3.75. The van der Waals surface area contributed by atoms with Crippen LogP contribution in [0.2, 0.25) is 0 Å². The maximum Gasteiger partial charge on any atom is 0.289 e. The monoisotopic (exact) mass is 243 g/mol. The average Bonchev–Trinajstić information content (AvgIpc) is 2.38. The topological polar surface area (TPSA) is 79.0 Å². The molecule has 0 saturated heterocycles. The van der Waals surface area contributed by atoms with Crippen molar-refractivity contribution in [1.29, 1.82) is 5.26 Å². The summed E-state index contributed by atoms with van der Waals surface area (Å²) in [6, 6.07) is 5.99. The molecule has 1 atom stereocenters. The molecule has 0 aromatic heterocycles. The number of rotatable bonds is 5. The van der Waals surface area contributed by atoms with Gasteiger partial charge in [0.1, 0.15) is 11.6 Å². The molecule has 0 heterocycles. The lowest BCUT2D eigenvalue weighted by atomic mass is 10.1. The predicted molar refractivity (Wildman–Crippen MR) is 69.0 cm³/mol. The first-order valence-electron chi connectivity index (χ1n) is 5.53. The van der Waals surface area contributed by atoms with Crippen LogP contribution in [0.5, 0.6) is 0 Å². The normalized spacial score (nSPS) is 11.1. The van der Waals surface area contributed by atoms with E-state index < -0.39 is 4.92 Å². The highest BCUT2D eigenvalue weighted by atomic mass is 16.6. The van der Waals surface area contributed by atoms with Crippen LogP contribution in [0.3, 0.4) is 0 Å². The van der Waals surface area contributed by atoms with Crippen molar-refractivity contribution in [2.24, 2.45) is 0 Å². The third kappa shape index (κ3) is 3.23. The Morgan fingerprint density at radius 2 is 2.33 bits per heavy atom. The van der Waals surface area contributed by atoms with Gasteiger partial charge in [-0.15, -0.1) is 6.42 Å². The van der Waals surface area contributed by atoms with E-state index in [4.69, 9.17) is 11.7 Å². The molecule has 1 aromatic rings. The number of nitro benzene ring substituents is 1. The van der Waals surface area contributed by atoms with Crippen LogP contribution in [0.1, 0.15) is 25.3 Å². The minimum atomic E-state index is -0.575. The molecule has 92 valence electrons. The minimum Gasteiger partial charge on any atom is -0.371 e. The summed E-state index contributed by atoms with van der Waals surface area (Å²) in [6.07, 6.45) is 7.06. The fraction of sp³-hybridized carbons (Fsp3) is 0.308. The van der Waals surface area contributed by atoms with Crippen LogP contribution in [0.25, 0.3) is 0 Å². The SMILES string of the molecule is C#CC(CCC)Nc1ccc(C#N)c([N+](=O)[O-])c1. The molecule has 1 aromatic carbocycles. The first-order valence-corrected chi connectivity index (χ1v) is 5.53. The third-order valence-electron chi connectivity index (χ3n) is 2.43. The zero-order valence-corrected chi connectivity index (χ0v) is 10.0. The van der Waals surface area contributed by atoms with Gasteiger partial charge in [0.2, 0.25) is 0 Å². The summed E-state index contributed by atoms with van der Waals surface area (Å²) in [6.45, 7) is 2.01. The summed E-state index contributed by atoms with van der Waals surface area (Å²) < 4.78 is 0. The van der Waals surface area contributed by atoms with E-state index in [1.54, 1.807) is 12.1 Å².